The van der Waals surface area contributed by atoms with E-state index in [9.17, 15) is 24.0 Å². The maximum atomic E-state index is 13.8. The molecule has 2 aromatic heterocycles. The van der Waals surface area contributed by atoms with Gasteiger partial charge in [0.25, 0.3) is 0 Å². The maximum Gasteiger partial charge on any atom is 0.433 e. The largest absolute Gasteiger partial charge is 0.508 e. The Morgan fingerprint density at radius 3 is 2.47 bits per heavy atom. The summed E-state index contributed by atoms with van der Waals surface area (Å²) in [4.78, 5) is 18.5. The van der Waals surface area contributed by atoms with Crippen LogP contribution in [0.15, 0.2) is 52.9 Å². The molecule has 0 radical (unpaired) electrons. The summed E-state index contributed by atoms with van der Waals surface area (Å²) in [5.74, 6) is -1.93. The van der Waals surface area contributed by atoms with E-state index in [1.807, 2.05) is 0 Å². The summed E-state index contributed by atoms with van der Waals surface area (Å²) in [6.07, 6.45) is 2.84. The number of hydrogen-bond donors (Lipinski definition) is 2. The number of phenolic OH excluding ortho intramolecular Hbond substituents is 1. The normalized spacial score (nSPS) is 11.3. The third kappa shape index (κ3) is 3.92. The molecule has 30 heavy (non-hydrogen) atoms. The maximum absolute atomic E-state index is 13.8. The van der Waals surface area contributed by atoms with Crippen molar-refractivity contribution in [3.63, 3.8) is 0 Å². The molecule has 0 saturated carbocycles. The second-order valence-electron chi connectivity index (χ2n) is 6.15. The average Bonchev–Trinajstić information content (AvgIpc) is 3.19. The van der Waals surface area contributed by atoms with E-state index >= 15 is 0 Å². The smallest absolute Gasteiger partial charge is 0.433 e. The number of aromatic hydroxyl groups is 1. The summed E-state index contributed by atoms with van der Waals surface area (Å²) in [5.41, 5.74) is 0.698. The van der Waals surface area contributed by atoms with Crippen LogP contribution < -0.4 is 5.32 Å². The standard InChI is InChI=1S/C20H12F2N4O4/c21-15-9-14-17(10-16(15)22)24-18(7-5-13-6-8-19(30-13)26(28)29)25-20(14)23-11-1-3-12(27)4-2-11/h1-10,27H,(H,23,24,25)/b7-5+. The summed E-state index contributed by atoms with van der Waals surface area (Å²) in [7, 11) is 0. The molecule has 0 unspecified atom stereocenters. The van der Waals surface area contributed by atoms with E-state index in [1.54, 1.807) is 12.1 Å². The van der Waals surface area contributed by atoms with Crippen molar-refractivity contribution >= 4 is 40.4 Å². The van der Waals surface area contributed by atoms with E-state index in [-0.39, 0.29) is 34.1 Å². The van der Waals surface area contributed by atoms with E-state index < -0.39 is 22.4 Å². The molecule has 2 heterocycles. The minimum absolute atomic E-state index is 0.0670. The molecule has 0 amide bonds. The Kier molecular flexibility index (Phi) is 4.80. The van der Waals surface area contributed by atoms with E-state index in [0.29, 0.717) is 5.69 Å². The van der Waals surface area contributed by atoms with Gasteiger partial charge in [-0.1, -0.05) is 0 Å². The molecule has 0 atom stereocenters. The van der Waals surface area contributed by atoms with E-state index in [1.165, 1.54) is 36.4 Å². The van der Waals surface area contributed by atoms with Crippen LogP contribution in [0.4, 0.5) is 26.2 Å². The van der Waals surface area contributed by atoms with Gasteiger partial charge in [-0.2, -0.15) is 0 Å². The third-order valence-corrected chi connectivity index (χ3v) is 4.07. The summed E-state index contributed by atoms with van der Waals surface area (Å²) in [6.45, 7) is 0. The molecule has 0 spiro atoms. The van der Waals surface area contributed by atoms with Crippen LogP contribution in [0.25, 0.3) is 23.1 Å². The summed E-state index contributed by atoms with van der Waals surface area (Å²) >= 11 is 0. The molecule has 0 saturated heterocycles. The Labute approximate surface area is 167 Å². The van der Waals surface area contributed by atoms with Crippen LogP contribution in [0.2, 0.25) is 0 Å². The number of anilines is 2. The molecular formula is C20H12F2N4O4. The van der Waals surface area contributed by atoms with Gasteiger partial charge < -0.3 is 14.8 Å². The molecule has 0 aliphatic heterocycles. The lowest BCUT2D eigenvalue weighted by molar-refractivity contribution is -0.402. The first-order chi connectivity index (χ1) is 14.4. The van der Waals surface area contributed by atoms with Gasteiger partial charge in [-0.25, -0.2) is 18.7 Å². The fourth-order valence-electron chi connectivity index (χ4n) is 2.68. The van der Waals surface area contributed by atoms with Crippen LogP contribution in [0.5, 0.6) is 5.75 Å². The number of nitrogens with one attached hydrogen (secondary N) is 1. The van der Waals surface area contributed by atoms with Gasteiger partial charge in [0.2, 0.25) is 0 Å². The molecule has 0 aliphatic carbocycles. The Bertz CT molecular complexity index is 1290. The van der Waals surface area contributed by atoms with Crippen LogP contribution in [-0.4, -0.2) is 20.0 Å². The number of furan rings is 1. The monoisotopic (exact) mass is 410 g/mol. The first-order valence-electron chi connectivity index (χ1n) is 8.54. The molecular weight excluding hydrogens is 398 g/mol. The van der Waals surface area contributed by atoms with Crippen molar-refractivity contribution < 1.29 is 23.2 Å². The predicted octanol–water partition coefficient (Wildman–Crippen LogP) is 5.03. The van der Waals surface area contributed by atoms with E-state index in [4.69, 9.17) is 4.42 Å². The third-order valence-electron chi connectivity index (χ3n) is 4.07. The number of benzene rings is 2. The molecule has 0 aliphatic rings. The number of phenols is 1. The molecule has 10 heteroatoms. The van der Waals surface area contributed by atoms with Crippen molar-refractivity contribution in [3.8, 4) is 5.75 Å². The Morgan fingerprint density at radius 1 is 1.03 bits per heavy atom. The van der Waals surface area contributed by atoms with Crippen LogP contribution in [0, 0.1) is 21.7 Å². The van der Waals surface area contributed by atoms with Crippen molar-refractivity contribution in [2.24, 2.45) is 0 Å². The molecule has 8 nitrogen and oxygen atoms in total. The molecule has 4 rings (SSSR count). The van der Waals surface area contributed by atoms with Gasteiger partial charge in [0.15, 0.2) is 17.5 Å². The molecule has 0 bridgehead atoms. The number of nitro groups is 1. The number of halogens is 2. The van der Waals surface area contributed by atoms with Gasteiger partial charge in [0.05, 0.1) is 11.6 Å². The zero-order chi connectivity index (χ0) is 21.3. The first-order valence-corrected chi connectivity index (χ1v) is 8.54. The summed E-state index contributed by atoms with van der Waals surface area (Å²) < 4.78 is 32.6. The zero-order valence-electron chi connectivity index (χ0n) is 15.0. The Morgan fingerprint density at radius 2 is 1.77 bits per heavy atom. The van der Waals surface area contributed by atoms with Gasteiger partial charge in [-0.05, 0) is 48.6 Å². The SMILES string of the molecule is O=[N+]([O-])c1ccc(/C=C/c2nc(Nc3ccc(O)cc3)c3cc(F)c(F)cc3n2)o1. The van der Waals surface area contributed by atoms with Crippen LogP contribution >= 0.6 is 0 Å². The minimum Gasteiger partial charge on any atom is -0.508 e. The Balaban J connectivity index is 1.75. The molecule has 0 fully saturated rings. The number of hydrogen-bond acceptors (Lipinski definition) is 7. The molecule has 2 aromatic carbocycles. The van der Waals surface area contributed by atoms with Gasteiger partial charge in [0.1, 0.15) is 22.3 Å². The quantitative estimate of drug-likeness (QED) is 0.269. The van der Waals surface area contributed by atoms with Crippen LogP contribution in [0.3, 0.4) is 0 Å². The summed E-state index contributed by atoms with van der Waals surface area (Å²) in [6, 6.07) is 10.6. The van der Waals surface area contributed by atoms with Crippen molar-refractivity contribution in [1.29, 1.82) is 0 Å². The van der Waals surface area contributed by atoms with E-state index in [0.717, 1.165) is 12.1 Å². The topological polar surface area (TPSA) is 114 Å². The highest BCUT2D eigenvalue weighted by molar-refractivity contribution is 5.91. The summed E-state index contributed by atoms with van der Waals surface area (Å²) in [5, 5.41) is 23.3. The molecule has 2 N–H and O–H groups in total. The number of nitrogens with zero attached hydrogens (tertiary/aromatic N) is 3. The second-order valence-corrected chi connectivity index (χ2v) is 6.15. The molecule has 4 aromatic rings. The van der Waals surface area contributed by atoms with Crippen molar-refractivity contribution in [2.75, 3.05) is 5.32 Å². The first kappa shape index (κ1) is 19.0. The van der Waals surface area contributed by atoms with Crippen molar-refractivity contribution in [2.45, 2.75) is 0 Å². The van der Waals surface area contributed by atoms with Gasteiger partial charge in [-0.15, -0.1) is 0 Å². The lowest BCUT2D eigenvalue weighted by Gasteiger charge is -2.10. The number of fused-ring (bicyclic) bond motifs is 1. The highest BCUT2D eigenvalue weighted by Gasteiger charge is 2.13. The van der Waals surface area contributed by atoms with Gasteiger partial charge in [0, 0.05) is 17.1 Å². The van der Waals surface area contributed by atoms with Crippen molar-refractivity contribution in [1.82, 2.24) is 9.97 Å². The van der Waals surface area contributed by atoms with Gasteiger partial charge >= 0.3 is 5.88 Å². The minimum atomic E-state index is -1.06. The van der Waals surface area contributed by atoms with Crippen LogP contribution in [0.1, 0.15) is 11.6 Å². The average molecular weight is 410 g/mol. The highest BCUT2D eigenvalue weighted by Crippen LogP contribution is 2.27. The number of rotatable bonds is 5. The lowest BCUT2D eigenvalue weighted by atomic mass is 10.2. The second kappa shape index (κ2) is 7.59. The molecule has 150 valence electrons. The highest BCUT2D eigenvalue weighted by atomic mass is 19.2. The Hall–Kier alpha value is -4.34. The number of aromatic nitrogens is 2. The predicted molar refractivity (Wildman–Crippen MR) is 105 cm³/mol. The van der Waals surface area contributed by atoms with Crippen LogP contribution in [-0.2, 0) is 0 Å². The van der Waals surface area contributed by atoms with Gasteiger partial charge in [-0.3, -0.25) is 10.1 Å². The lowest BCUT2D eigenvalue weighted by Crippen LogP contribution is -2.00. The fourth-order valence-corrected chi connectivity index (χ4v) is 2.68. The van der Waals surface area contributed by atoms with Crippen molar-refractivity contribution in [3.05, 3.63) is 81.9 Å². The zero-order valence-corrected chi connectivity index (χ0v) is 15.0. The fraction of sp³-hybridized carbons (Fsp3) is 0. The van der Waals surface area contributed by atoms with E-state index in [2.05, 4.69) is 15.3 Å².